The minimum absolute atomic E-state index is 0.0541. The van der Waals surface area contributed by atoms with Gasteiger partial charge in [0, 0.05) is 29.8 Å². The third-order valence-corrected chi connectivity index (χ3v) is 4.81. The molecule has 2 nitrogen and oxygen atoms in total. The predicted octanol–water partition coefficient (Wildman–Crippen LogP) is 5.19. The van der Waals surface area contributed by atoms with Crippen LogP contribution in [0, 0.1) is 17.0 Å². The number of ketones is 1. The van der Waals surface area contributed by atoms with Gasteiger partial charge in [0.25, 0.3) is 0 Å². The molecule has 0 fully saturated rings. The van der Waals surface area contributed by atoms with E-state index in [9.17, 15) is 13.6 Å². The molecule has 1 aliphatic rings. The number of rotatable bonds is 4. The Labute approximate surface area is 136 Å². The Hall–Kier alpha value is -1.84. The van der Waals surface area contributed by atoms with E-state index in [1.54, 1.807) is 6.21 Å². The highest BCUT2D eigenvalue weighted by Gasteiger charge is 2.37. The van der Waals surface area contributed by atoms with E-state index in [-0.39, 0.29) is 17.1 Å². The molecule has 2 rings (SSSR count). The molecule has 0 aromatic heterocycles. The number of hydrogen-bond donors (Lipinski definition) is 0. The van der Waals surface area contributed by atoms with E-state index in [4.69, 9.17) is 0 Å². The summed E-state index contributed by atoms with van der Waals surface area (Å²) in [6.45, 7) is 7.83. The maximum atomic E-state index is 13.5. The summed E-state index contributed by atoms with van der Waals surface area (Å²) in [5.41, 5.74) is 1.90. The van der Waals surface area contributed by atoms with E-state index in [1.807, 2.05) is 13.8 Å². The third-order valence-electron chi connectivity index (χ3n) is 4.81. The Morgan fingerprint density at radius 2 is 2.00 bits per heavy atom. The lowest BCUT2D eigenvalue weighted by Gasteiger charge is -2.35. The molecule has 1 aromatic rings. The average Bonchev–Trinajstić information content (AvgIpc) is 2.49. The van der Waals surface area contributed by atoms with Gasteiger partial charge in [-0.1, -0.05) is 26.8 Å². The zero-order valence-electron chi connectivity index (χ0n) is 14.1. The largest absolute Gasteiger partial charge is 0.294 e. The lowest BCUT2D eigenvalue weighted by Crippen LogP contribution is -2.29. The quantitative estimate of drug-likeness (QED) is 0.702. The van der Waals surface area contributed by atoms with Gasteiger partial charge < -0.3 is 0 Å². The topological polar surface area (TPSA) is 29.4 Å². The lowest BCUT2D eigenvalue weighted by molar-refractivity contribution is -0.118. The van der Waals surface area contributed by atoms with Crippen LogP contribution in [-0.2, 0) is 4.79 Å². The molecular weight excluding hydrogens is 296 g/mol. The monoisotopic (exact) mass is 319 g/mol. The van der Waals surface area contributed by atoms with Crippen molar-refractivity contribution in [2.45, 2.75) is 52.9 Å². The Morgan fingerprint density at radius 1 is 1.30 bits per heavy atom. The Morgan fingerprint density at radius 3 is 2.57 bits per heavy atom. The molecule has 0 bridgehead atoms. The first-order valence-corrected chi connectivity index (χ1v) is 8.01. The van der Waals surface area contributed by atoms with E-state index < -0.39 is 11.6 Å². The maximum Gasteiger partial charge on any atom is 0.161 e. The minimum atomic E-state index is -0.892. The predicted molar refractivity (Wildman–Crippen MR) is 88.6 cm³/mol. The summed E-state index contributed by atoms with van der Waals surface area (Å²) in [5, 5.41) is 0. The summed E-state index contributed by atoms with van der Waals surface area (Å²) in [4.78, 5) is 17.1. The first-order valence-electron chi connectivity index (χ1n) is 8.01. The van der Waals surface area contributed by atoms with Crippen molar-refractivity contribution in [3.05, 3.63) is 46.7 Å². The van der Waals surface area contributed by atoms with Crippen molar-refractivity contribution >= 4 is 12.0 Å². The fourth-order valence-electron chi connectivity index (χ4n) is 3.17. The van der Waals surface area contributed by atoms with Gasteiger partial charge in [-0.3, -0.25) is 9.79 Å². The number of carbonyl (C=O) groups is 1. The molecule has 2 unspecified atom stereocenters. The molecule has 0 spiro atoms. The van der Waals surface area contributed by atoms with Gasteiger partial charge >= 0.3 is 0 Å². The highest BCUT2D eigenvalue weighted by Crippen LogP contribution is 2.44. The molecule has 0 amide bonds. The highest BCUT2D eigenvalue weighted by molar-refractivity contribution is 5.99. The van der Waals surface area contributed by atoms with E-state index in [0.717, 1.165) is 24.6 Å². The number of allylic oxidation sites excluding steroid dienone is 2. The fraction of sp³-hybridized carbons (Fsp3) is 0.474. The van der Waals surface area contributed by atoms with Crippen molar-refractivity contribution in [1.29, 1.82) is 0 Å². The number of benzene rings is 1. The first kappa shape index (κ1) is 17.5. The molecule has 0 N–H and O–H groups in total. The molecule has 1 aliphatic carbocycles. The van der Waals surface area contributed by atoms with E-state index in [0.29, 0.717) is 17.6 Å². The second kappa shape index (κ2) is 6.73. The number of hydrogen-bond acceptors (Lipinski definition) is 2. The molecule has 23 heavy (non-hydrogen) atoms. The standard InChI is InChI=1S/C19H23F2NO/c1-5-19(4)10-16(22-6-2)18(17(23)11-19)12(3)13-7-8-14(20)15(21)9-13/h6-9,12H,5,10-11H2,1-4H3. The van der Waals surface area contributed by atoms with Crippen molar-refractivity contribution in [1.82, 2.24) is 0 Å². The molecule has 2 atom stereocenters. The molecular formula is C19H23F2NO. The van der Waals surface area contributed by atoms with Crippen molar-refractivity contribution in [3.63, 3.8) is 0 Å². The third kappa shape index (κ3) is 3.57. The molecule has 0 saturated heterocycles. The number of halogens is 2. The SMILES string of the molecule is CC=NC1=C(C(C)c2ccc(F)c(F)c2)C(=O)CC(C)(CC)C1. The van der Waals surface area contributed by atoms with Crippen LogP contribution < -0.4 is 0 Å². The minimum Gasteiger partial charge on any atom is -0.294 e. The van der Waals surface area contributed by atoms with Gasteiger partial charge in [-0.25, -0.2) is 8.78 Å². The van der Waals surface area contributed by atoms with Crippen LogP contribution in [0.4, 0.5) is 8.78 Å². The number of carbonyl (C=O) groups excluding carboxylic acids is 1. The molecule has 124 valence electrons. The molecule has 4 heteroatoms. The van der Waals surface area contributed by atoms with Gasteiger partial charge in [0.15, 0.2) is 17.4 Å². The van der Waals surface area contributed by atoms with Crippen LogP contribution in [0.2, 0.25) is 0 Å². The van der Waals surface area contributed by atoms with E-state index >= 15 is 0 Å². The molecule has 0 heterocycles. The Balaban J connectivity index is 2.49. The number of nitrogens with zero attached hydrogens (tertiary/aromatic N) is 1. The van der Waals surface area contributed by atoms with Gasteiger partial charge in [-0.2, -0.15) is 0 Å². The van der Waals surface area contributed by atoms with Crippen LogP contribution in [0.25, 0.3) is 0 Å². The van der Waals surface area contributed by atoms with Crippen LogP contribution in [0.1, 0.15) is 58.4 Å². The molecule has 0 saturated carbocycles. The lowest BCUT2D eigenvalue weighted by atomic mass is 9.70. The van der Waals surface area contributed by atoms with Gasteiger partial charge in [0.05, 0.1) is 0 Å². The molecule has 1 aromatic carbocycles. The summed E-state index contributed by atoms with van der Waals surface area (Å²) in [7, 11) is 0. The zero-order chi connectivity index (χ0) is 17.2. The van der Waals surface area contributed by atoms with Gasteiger partial charge in [0.1, 0.15) is 0 Å². The molecule has 0 aliphatic heterocycles. The van der Waals surface area contributed by atoms with Gasteiger partial charge in [0.2, 0.25) is 0 Å². The fourth-order valence-corrected chi connectivity index (χ4v) is 3.17. The number of Topliss-reactive ketones (excluding diaryl/α,β-unsaturated/α-hetero) is 1. The summed E-state index contributed by atoms with van der Waals surface area (Å²) < 4.78 is 26.7. The summed E-state index contributed by atoms with van der Waals surface area (Å²) >= 11 is 0. The van der Waals surface area contributed by atoms with Crippen molar-refractivity contribution in [2.24, 2.45) is 10.4 Å². The van der Waals surface area contributed by atoms with Crippen molar-refractivity contribution in [3.8, 4) is 0 Å². The summed E-state index contributed by atoms with van der Waals surface area (Å²) in [6.07, 6.45) is 3.77. The Kier molecular flexibility index (Phi) is 5.12. The van der Waals surface area contributed by atoms with Crippen LogP contribution in [0.15, 0.2) is 34.5 Å². The smallest absolute Gasteiger partial charge is 0.161 e. The molecule has 0 radical (unpaired) electrons. The van der Waals surface area contributed by atoms with Crippen LogP contribution in [0.5, 0.6) is 0 Å². The highest BCUT2D eigenvalue weighted by atomic mass is 19.2. The van der Waals surface area contributed by atoms with Gasteiger partial charge in [-0.05, 0) is 42.9 Å². The van der Waals surface area contributed by atoms with Crippen LogP contribution in [0.3, 0.4) is 0 Å². The van der Waals surface area contributed by atoms with Gasteiger partial charge in [-0.15, -0.1) is 0 Å². The number of aliphatic imine (C=N–C) groups is 1. The van der Waals surface area contributed by atoms with E-state index in [2.05, 4.69) is 18.8 Å². The van der Waals surface area contributed by atoms with E-state index in [1.165, 1.54) is 12.1 Å². The maximum absolute atomic E-state index is 13.5. The van der Waals surface area contributed by atoms with Crippen molar-refractivity contribution in [2.75, 3.05) is 0 Å². The normalized spacial score (nSPS) is 23.7. The second-order valence-electron chi connectivity index (χ2n) is 6.58. The summed E-state index contributed by atoms with van der Waals surface area (Å²) in [5.74, 6) is -2.02. The van der Waals surface area contributed by atoms with Crippen LogP contribution >= 0.6 is 0 Å². The van der Waals surface area contributed by atoms with Crippen molar-refractivity contribution < 1.29 is 13.6 Å². The first-order chi connectivity index (χ1) is 10.8. The summed E-state index contributed by atoms with van der Waals surface area (Å²) in [6, 6.07) is 3.80. The second-order valence-corrected chi connectivity index (χ2v) is 6.58. The van der Waals surface area contributed by atoms with Crippen LogP contribution in [-0.4, -0.2) is 12.0 Å². The zero-order valence-corrected chi connectivity index (χ0v) is 14.1. The Bertz CT molecular complexity index is 678. The average molecular weight is 319 g/mol.